The van der Waals surface area contributed by atoms with Gasteiger partial charge in [-0.2, -0.15) is 0 Å². The lowest BCUT2D eigenvalue weighted by Crippen LogP contribution is -2.37. The summed E-state index contributed by atoms with van der Waals surface area (Å²) < 4.78 is 5.42. The van der Waals surface area contributed by atoms with E-state index in [-0.39, 0.29) is 0 Å². The lowest BCUT2D eigenvalue weighted by Gasteiger charge is -2.29. The number of hydrogen-bond acceptors (Lipinski definition) is 6. The molecule has 2 aromatic rings. The Morgan fingerprint density at radius 3 is 2.65 bits per heavy atom. The smallest absolute Gasteiger partial charge is 0.133 e. The number of aromatic nitrogens is 3. The Hall–Kier alpha value is -2.05. The predicted molar refractivity (Wildman–Crippen MR) is 89.2 cm³/mol. The largest absolute Gasteiger partial charge is 0.378 e. The predicted octanol–water partition coefficient (Wildman–Crippen LogP) is 1.56. The van der Waals surface area contributed by atoms with E-state index in [1.807, 2.05) is 24.7 Å². The van der Waals surface area contributed by atoms with Crippen LogP contribution in [-0.4, -0.2) is 41.3 Å². The van der Waals surface area contributed by atoms with Crippen LogP contribution >= 0.6 is 0 Å². The second kappa shape index (κ2) is 7.99. The Morgan fingerprint density at radius 2 is 1.91 bits per heavy atom. The molecule has 0 aliphatic carbocycles. The van der Waals surface area contributed by atoms with Crippen molar-refractivity contribution in [1.82, 2.24) is 20.3 Å². The first-order valence-electron chi connectivity index (χ1n) is 8.14. The van der Waals surface area contributed by atoms with E-state index in [4.69, 9.17) is 4.74 Å². The minimum absolute atomic E-state index is 0.751. The van der Waals surface area contributed by atoms with Gasteiger partial charge in [0.25, 0.3) is 0 Å². The molecule has 6 nitrogen and oxygen atoms in total. The lowest BCUT2D eigenvalue weighted by atomic mass is 10.2. The number of nitrogens with zero attached hydrogens (tertiary/aromatic N) is 4. The zero-order chi connectivity index (χ0) is 15.9. The third kappa shape index (κ3) is 4.24. The zero-order valence-electron chi connectivity index (χ0n) is 13.5. The fraction of sp³-hybridized carbons (Fsp3) is 0.471. The Labute approximate surface area is 136 Å². The van der Waals surface area contributed by atoms with Gasteiger partial charge in [-0.05, 0) is 6.07 Å². The summed E-state index contributed by atoms with van der Waals surface area (Å²) in [5.74, 6) is 1.94. The molecule has 0 spiro atoms. The molecule has 1 fully saturated rings. The van der Waals surface area contributed by atoms with E-state index in [2.05, 4.69) is 38.2 Å². The quantitative estimate of drug-likeness (QED) is 0.873. The van der Waals surface area contributed by atoms with Gasteiger partial charge in [-0.1, -0.05) is 13.0 Å². The molecule has 1 saturated heterocycles. The monoisotopic (exact) mass is 313 g/mol. The average molecular weight is 313 g/mol. The summed E-state index contributed by atoms with van der Waals surface area (Å²) in [6.07, 6.45) is 6.51. The molecule has 1 aliphatic heterocycles. The molecule has 2 aromatic heterocycles. The summed E-state index contributed by atoms with van der Waals surface area (Å²) >= 11 is 0. The van der Waals surface area contributed by atoms with Gasteiger partial charge in [0.05, 0.1) is 13.2 Å². The van der Waals surface area contributed by atoms with E-state index < -0.39 is 0 Å². The molecule has 1 N–H and O–H groups in total. The average Bonchev–Trinajstić information content (AvgIpc) is 2.63. The van der Waals surface area contributed by atoms with Crippen LogP contribution in [0.4, 0.5) is 5.82 Å². The maximum Gasteiger partial charge on any atom is 0.133 e. The Kier molecular flexibility index (Phi) is 5.50. The fourth-order valence-electron chi connectivity index (χ4n) is 2.63. The number of nitrogens with one attached hydrogen (secondary N) is 1. The van der Waals surface area contributed by atoms with Crippen LogP contribution in [0.5, 0.6) is 0 Å². The third-order valence-electron chi connectivity index (χ3n) is 3.90. The van der Waals surface area contributed by atoms with E-state index >= 15 is 0 Å². The van der Waals surface area contributed by atoms with Gasteiger partial charge in [0.2, 0.25) is 0 Å². The van der Waals surface area contributed by atoms with Gasteiger partial charge in [0, 0.05) is 62.3 Å². The summed E-state index contributed by atoms with van der Waals surface area (Å²) in [6, 6.07) is 4.11. The van der Waals surface area contributed by atoms with Crippen LogP contribution in [0.15, 0.2) is 30.7 Å². The Balaban J connectivity index is 1.59. The van der Waals surface area contributed by atoms with Crippen LogP contribution in [0, 0.1) is 0 Å². The number of hydrogen-bond donors (Lipinski definition) is 1. The minimum Gasteiger partial charge on any atom is -0.378 e. The van der Waals surface area contributed by atoms with E-state index in [1.165, 1.54) is 5.56 Å². The minimum atomic E-state index is 0.751. The molecule has 23 heavy (non-hydrogen) atoms. The van der Waals surface area contributed by atoms with Gasteiger partial charge in [-0.3, -0.25) is 0 Å². The van der Waals surface area contributed by atoms with Crippen LogP contribution < -0.4 is 10.2 Å². The van der Waals surface area contributed by atoms with Crippen LogP contribution in [-0.2, 0) is 24.2 Å². The molecule has 0 saturated carbocycles. The van der Waals surface area contributed by atoms with Crippen LogP contribution in [0.1, 0.15) is 23.9 Å². The van der Waals surface area contributed by atoms with Crippen LogP contribution in [0.3, 0.4) is 0 Å². The molecule has 6 heteroatoms. The van der Waals surface area contributed by atoms with Crippen molar-refractivity contribution in [1.29, 1.82) is 0 Å². The first kappa shape index (κ1) is 15.8. The van der Waals surface area contributed by atoms with E-state index in [0.29, 0.717) is 0 Å². The molecule has 0 aromatic carbocycles. The molecule has 3 rings (SSSR count). The van der Waals surface area contributed by atoms with Gasteiger partial charge >= 0.3 is 0 Å². The number of ether oxygens (including phenoxy) is 1. The zero-order valence-corrected chi connectivity index (χ0v) is 13.5. The normalized spacial score (nSPS) is 14.9. The topological polar surface area (TPSA) is 63.2 Å². The highest BCUT2D eigenvalue weighted by molar-refractivity contribution is 5.47. The molecule has 0 radical (unpaired) electrons. The van der Waals surface area contributed by atoms with Gasteiger partial charge in [-0.15, -0.1) is 0 Å². The molecule has 0 amide bonds. The van der Waals surface area contributed by atoms with Crippen LogP contribution in [0.25, 0.3) is 0 Å². The van der Waals surface area contributed by atoms with Gasteiger partial charge in [0.1, 0.15) is 11.6 Å². The van der Waals surface area contributed by atoms with Crippen molar-refractivity contribution in [2.24, 2.45) is 0 Å². The standard InChI is InChI=1S/C17H23N5O/c1-2-16-20-11-14(12-21-16)10-18-13-15-4-3-5-19-17(15)22-6-8-23-9-7-22/h3-5,11-12,18H,2,6-10,13H2,1H3. The van der Waals surface area contributed by atoms with E-state index in [1.54, 1.807) is 0 Å². The third-order valence-corrected chi connectivity index (χ3v) is 3.90. The van der Waals surface area contributed by atoms with Crippen molar-refractivity contribution < 1.29 is 4.74 Å². The molecular formula is C17H23N5O. The van der Waals surface area contributed by atoms with Gasteiger partial charge in [0.15, 0.2) is 0 Å². The Morgan fingerprint density at radius 1 is 1.13 bits per heavy atom. The molecule has 3 heterocycles. The summed E-state index contributed by atoms with van der Waals surface area (Å²) in [4.78, 5) is 15.5. The lowest BCUT2D eigenvalue weighted by molar-refractivity contribution is 0.122. The van der Waals surface area contributed by atoms with Crippen molar-refractivity contribution in [3.8, 4) is 0 Å². The summed E-state index contributed by atoms with van der Waals surface area (Å²) in [6.45, 7) is 6.92. The van der Waals surface area contributed by atoms with E-state index in [0.717, 1.165) is 63.0 Å². The van der Waals surface area contributed by atoms with E-state index in [9.17, 15) is 0 Å². The highest BCUT2D eigenvalue weighted by Crippen LogP contribution is 2.18. The van der Waals surface area contributed by atoms with Gasteiger partial charge in [-0.25, -0.2) is 15.0 Å². The molecular weight excluding hydrogens is 290 g/mol. The second-order valence-electron chi connectivity index (χ2n) is 5.55. The highest BCUT2D eigenvalue weighted by atomic mass is 16.5. The van der Waals surface area contributed by atoms with Crippen molar-refractivity contribution >= 4 is 5.82 Å². The number of anilines is 1. The van der Waals surface area contributed by atoms with Crippen molar-refractivity contribution in [2.45, 2.75) is 26.4 Å². The summed E-state index contributed by atoms with van der Waals surface area (Å²) in [5, 5.41) is 3.46. The first-order chi connectivity index (χ1) is 11.4. The first-order valence-corrected chi connectivity index (χ1v) is 8.14. The molecule has 0 bridgehead atoms. The summed E-state index contributed by atoms with van der Waals surface area (Å²) in [5.41, 5.74) is 2.31. The number of rotatable bonds is 6. The summed E-state index contributed by atoms with van der Waals surface area (Å²) in [7, 11) is 0. The van der Waals surface area contributed by atoms with Crippen molar-refractivity contribution in [3.05, 3.63) is 47.7 Å². The molecule has 0 unspecified atom stereocenters. The van der Waals surface area contributed by atoms with Gasteiger partial charge < -0.3 is 15.0 Å². The number of aryl methyl sites for hydroxylation is 1. The van der Waals surface area contributed by atoms with Crippen LogP contribution in [0.2, 0.25) is 0 Å². The second-order valence-corrected chi connectivity index (χ2v) is 5.55. The Bertz CT molecular complexity index is 611. The number of pyridine rings is 1. The van der Waals surface area contributed by atoms with Crippen molar-refractivity contribution in [3.63, 3.8) is 0 Å². The highest BCUT2D eigenvalue weighted by Gasteiger charge is 2.15. The number of morpholine rings is 1. The SMILES string of the molecule is CCc1ncc(CNCc2cccnc2N2CCOCC2)cn1. The maximum absolute atomic E-state index is 5.42. The van der Waals surface area contributed by atoms with Crippen molar-refractivity contribution in [2.75, 3.05) is 31.2 Å². The molecule has 122 valence electrons. The molecule has 0 atom stereocenters. The molecule has 1 aliphatic rings. The fourth-order valence-corrected chi connectivity index (χ4v) is 2.63. The maximum atomic E-state index is 5.42.